The Morgan fingerprint density at radius 3 is 2.43 bits per heavy atom. The molecule has 2 N–H and O–H groups in total. The summed E-state index contributed by atoms with van der Waals surface area (Å²) in [6.45, 7) is 11.5. The molecule has 2 amide bonds. The average Bonchev–Trinajstić information content (AvgIpc) is 2.62. The number of amides is 2. The summed E-state index contributed by atoms with van der Waals surface area (Å²) in [4.78, 5) is 24.7. The second-order valence-electron chi connectivity index (χ2n) is 8.77. The van der Waals surface area contributed by atoms with E-state index in [2.05, 4.69) is 57.4 Å². The summed E-state index contributed by atoms with van der Waals surface area (Å²) in [7, 11) is 0. The van der Waals surface area contributed by atoms with Crippen molar-refractivity contribution in [2.24, 2.45) is 0 Å². The predicted octanol–water partition coefficient (Wildman–Crippen LogP) is 4.39. The van der Waals surface area contributed by atoms with Crippen LogP contribution in [0.2, 0.25) is 0 Å². The molecule has 148 valence electrons. The van der Waals surface area contributed by atoms with E-state index in [-0.39, 0.29) is 23.7 Å². The first-order valence-electron chi connectivity index (χ1n) is 9.94. The van der Waals surface area contributed by atoms with Crippen LogP contribution in [0.1, 0.15) is 60.9 Å². The van der Waals surface area contributed by atoms with Crippen LogP contribution in [0.5, 0.6) is 0 Å². The summed E-state index contributed by atoms with van der Waals surface area (Å²) < 4.78 is 0. The third-order valence-electron chi connectivity index (χ3n) is 5.55. The van der Waals surface area contributed by atoms with Crippen molar-refractivity contribution >= 4 is 17.5 Å². The van der Waals surface area contributed by atoms with E-state index < -0.39 is 5.92 Å². The van der Waals surface area contributed by atoms with Crippen LogP contribution in [-0.2, 0) is 21.4 Å². The summed E-state index contributed by atoms with van der Waals surface area (Å²) in [5, 5.41) is 5.88. The van der Waals surface area contributed by atoms with E-state index in [1.54, 1.807) is 0 Å². The van der Waals surface area contributed by atoms with E-state index in [1.165, 1.54) is 22.3 Å². The first-order chi connectivity index (χ1) is 13.2. The van der Waals surface area contributed by atoms with Crippen molar-refractivity contribution in [3.8, 4) is 0 Å². The van der Waals surface area contributed by atoms with Crippen LogP contribution in [0.3, 0.4) is 0 Å². The van der Waals surface area contributed by atoms with Crippen LogP contribution in [0.15, 0.2) is 36.4 Å². The van der Waals surface area contributed by atoms with Crippen molar-refractivity contribution in [3.63, 3.8) is 0 Å². The van der Waals surface area contributed by atoms with E-state index in [1.807, 2.05) is 24.3 Å². The lowest BCUT2D eigenvalue weighted by Crippen LogP contribution is -2.36. The van der Waals surface area contributed by atoms with Gasteiger partial charge in [0.05, 0.1) is 5.92 Å². The van der Waals surface area contributed by atoms with Crippen LogP contribution in [0, 0.1) is 13.8 Å². The lowest BCUT2D eigenvalue weighted by Gasteiger charge is -2.25. The largest absolute Gasteiger partial charge is 0.355 e. The number of hydrogen-bond donors (Lipinski definition) is 2. The zero-order chi connectivity index (χ0) is 20.5. The van der Waals surface area contributed by atoms with E-state index in [4.69, 9.17) is 0 Å². The normalized spacial score (nSPS) is 16.3. The molecule has 2 aromatic carbocycles. The number of benzene rings is 2. The predicted molar refractivity (Wildman–Crippen MR) is 114 cm³/mol. The molecule has 0 aromatic heterocycles. The third-order valence-corrected chi connectivity index (χ3v) is 5.55. The van der Waals surface area contributed by atoms with Gasteiger partial charge < -0.3 is 10.6 Å². The number of hydrogen-bond acceptors (Lipinski definition) is 2. The highest BCUT2D eigenvalue weighted by molar-refractivity contribution is 6.01. The topological polar surface area (TPSA) is 58.2 Å². The van der Waals surface area contributed by atoms with Crippen molar-refractivity contribution in [2.45, 2.75) is 58.8 Å². The van der Waals surface area contributed by atoms with Gasteiger partial charge in [-0.2, -0.15) is 0 Å². The highest BCUT2D eigenvalue weighted by atomic mass is 16.2. The second kappa shape index (κ2) is 7.78. The van der Waals surface area contributed by atoms with Gasteiger partial charge in [-0.25, -0.2) is 0 Å². The van der Waals surface area contributed by atoms with Crippen molar-refractivity contribution in [2.75, 3.05) is 11.9 Å². The zero-order valence-electron chi connectivity index (χ0n) is 17.5. The molecule has 28 heavy (non-hydrogen) atoms. The highest BCUT2D eigenvalue weighted by Gasteiger charge is 2.30. The average molecular weight is 379 g/mol. The van der Waals surface area contributed by atoms with Gasteiger partial charge in [0.1, 0.15) is 0 Å². The molecule has 4 nitrogen and oxygen atoms in total. The fourth-order valence-electron chi connectivity index (χ4n) is 3.90. The number of anilines is 1. The standard InChI is InChI=1S/C24H30N2O2/c1-15-12-17(24(3,4)5)13-16(2)18(15)10-11-25-23(28)20-14-22(27)26-21-9-7-6-8-19(20)21/h6-9,12-13,20H,10-11,14H2,1-5H3,(H,25,28)(H,26,27)/t20-/m0/s1. The smallest absolute Gasteiger partial charge is 0.228 e. The first kappa shape index (κ1) is 20.1. The molecule has 0 fully saturated rings. The molecule has 1 aliphatic heterocycles. The third kappa shape index (κ3) is 4.27. The van der Waals surface area contributed by atoms with Crippen molar-refractivity contribution < 1.29 is 9.59 Å². The molecule has 0 saturated heterocycles. The maximum atomic E-state index is 12.8. The number of carbonyl (C=O) groups is 2. The van der Waals surface area contributed by atoms with E-state index in [0.717, 1.165) is 17.7 Å². The molecule has 2 aromatic rings. The molecule has 0 spiro atoms. The molecule has 0 aliphatic carbocycles. The number of aryl methyl sites for hydroxylation is 2. The molecule has 0 radical (unpaired) electrons. The Morgan fingerprint density at radius 1 is 1.14 bits per heavy atom. The van der Waals surface area contributed by atoms with Crippen LogP contribution in [-0.4, -0.2) is 18.4 Å². The Hall–Kier alpha value is -2.62. The zero-order valence-corrected chi connectivity index (χ0v) is 17.5. The Bertz CT molecular complexity index is 886. The maximum Gasteiger partial charge on any atom is 0.228 e. The van der Waals surface area contributed by atoms with Crippen LogP contribution < -0.4 is 10.6 Å². The lowest BCUT2D eigenvalue weighted by atomic mass is 9.83. The molecular formula is C24H30N2O2. The summed E-state index contributed by atoms with van der Waals surface area (Å²) in [5.41, 5.74) is 6.90. The van der Waals surface area contributed by atoms with E-state index in [9.17, 15) is 9.59 Å². The first-order valence-corrected chi connectivity index (χ1v) is 9.94. The highest BCUT2D eigenvalue weighted by Crippen LogP contribution is 2.32. The fourth-order valence-corrected chi connectivity index (χ4v) is 3.90. The van der Waals surface area contributed by atoms with Crippen molar-refractivity contribution in [1.29, 1.82) is 0 Å². The van der Waals surface area contributed by atoms with Crippen LogP contribution in [0.4, 0.5) is 5.69 Å². The minimum atomic E-state index is -0.421. The molecule has 0 unspecified atom stereocenters. The monoisotopic (exact) mass is 378 g/mol. The Balaban J connectivity index is 1.68. The quantitative estimate of drug-likeness (QED) is 0.829. The lowest BCUT2D eigenvalue weighted by molar-refractivity contribution is -0.126. The SMILES string of the molecule is Cc1cc(C(C)(C)C)cc(C)c1CCNC(=O)[C@H]1CC(=O)Nc2ccccc21. The molecular weight excluding hydrogens is 348 g/mol. The van der Waals surface area contributed by atoms with Gasteiger partial charge in [0.25, 0.3) is 0 Å². The Kier molecular flexibility index (Phi) is 5.59. The minimum Gasteiger partial charge on any atom is -0.355 e. The van der Waals surface area contributed by atoms with Gasteiger partial charge in [-0.15, -0.1) is 0 Å². The van der Waals surface area contributed by atoms with Gasteiger partial charge in [0.2, 0.25) is 11.8 Å². The molecule has 1 heterocycles. The Morgan fingerprint density at radius 2 is 1.79 bits per heavy atom. The molecule has 0 bridgehead atoms. The number of rotatable bonds is 4. The molecule has 1 aliphatic rings. The number of nitrogens with one attached hydrogen (secondary N) is 2. The minimum absolute atomic E-state index is 0.0797. The van der Waals surface area contributed by atoms with E-state index in [0.29, 0.717) is 6.54 Å². The fraction of sp³-hybridized carbons (Fsp3) is 0.417. The van der Waals surface area contributed by atoms with Gasteiger partial charge in [-0.3, -0.25) is 9.59 Å². The van der Waals surface area contributed by atoms with Crippen molar-refractivity contribution in [1.82, 2.24) is 5.32 Å². The summed E-state index contributed by atoms with van der Waals surface area (Å²) in [5.74, 6) is -0.609. The van der Waals surface area contributed by atoms with Gasteiger partial charge in [0.15, 0.2) is 0 Å². The molecule has 0 saturated carbocycles. The summed E-state index contributed by atoms with van der Waals surface area (Å²) in [6, 6.07) is 12.0. The van der Waals surface area contributed by atoms with Gasteiger partial charge in [-0.1, -0.05) is 51.1 Å². The molecule has 1 atom stereocenters. The van der Waals surface area contributed by atoms with Gasteiger partial charge >= 0.3 is 0 Å². The van der Waals surface area contributed by atoms with Crippen LogP contribution in [0.25, 0.3) is 0 Å². The second-order valence-corrected chi connectivity index (χ2v) is 8.77. The number of para-hydroxylation sites is 1. The Labute approximate surface area is 167 Å². The van der Waals surface area contributed by atoms with Crippen LogP contribution >= 0.6 is 0 Å². The maximum absolute atomic E-state index is 12.8. The van der Waals surface area contributed by atoms with Gasteiger partial charge in [-0.05, 0) is 59.6 Å². The number of fused-ring (bicyclic) bond motifs is 1. The summed E-state index contributed by atoms with van der Waals surface area (Å²) >= 11 is 0. The summed E-state index contributed by atoms with van der Waals surface area (Å²) in [6.07, 6.45) is 0.982. The van der Waals surface area contributed by atoms with Gasteiger partial charge in [0, 0.05) is 18.7 Å². The van der Waals surface area contributed by atoms with Crippen molar-refractivity contribution in [3.05, 3.63) is 64.2 Å². The molecule has 3 rings (SSSR count). The van der Waals surface area contributed by atoms with E-state index >= 15 is 0 Å². The number of carbonyl (C=O) groups excluding carboxylic acids is 2. The molecule has 4 heteroatoms.